The van der Waals surface area contributed by atoms with Gasteiger partial charge >= 0.3 is 0 Å². The van der Waals surface area contributed by atoms with E-state index in [-0.39, 0.29) is 0 Å². The van der Waals surface area contributed by atoms with E-state index in [1.807, 2.05) is 11.3 Å². The zero-order valence-corrected chi connectivity index (χ0v) is 12.1. The molecule has 2 fully saturated rings. The van der Waals surface area contributed by atoms with E-state index in [1.54, 1.807) is 0 Å². The van der Waals surface area contributed by atoms with Crippen LogP contribution < -0.4 is 5.73 Å². The standard InChI is InChI=1S/C15H24N2S/c1-11-2-7-15(18-11)14(8-16)17(9-12-3-4-12)10-13-5-6-13/h2,7,12-14H,3-6,8-10,16H2,1H3. The van der Waals surface area contributed by atoms with Crippen molar-refractivity contribution in [2.75, 3.05) is 19.6 Å². The van der Waals surface area contributed by atoms with Gasteiger partial charge in [-0.05, 0) is 56.6 Å². The highest BCUT2D eigenvalue weighted by Gasteiger charge is 2.33. The summed E-state index contributed by atoms with van der Waals surface area (Å²) in [5.41, 5.74) is 6.07. The Bertz CT molecular complexity index is 379. The zero-order chi connectivity index (χ0) is 12.5. The lowest BCUT2D eigenvalue weighted by Gasteiger charge is -2.30. The van der Waals surface area contributed by atoms with Crippen molar-refractivity contribution in [1.82, 2.24) is 4.90 Å². The minimum atomic E-state index is 0.463. The van der Waals surface area contributed by atoms with Gasteiger partial charge in [-0.2, -0.15) is 0 Å². The molecular weight excluding hydrogens is 240 g/mol. The molecule has 3 heteroatoms. The molecule has 1 aromatic heterocycles. The molecule has 0 radical (unpaired) electrons. The van der Waals surface area contributed by atoms with E-state index in [0.29, 0.717) is 6.04 Å². The number of nitrogens with two attached hydrogens (primary N) is 1. The molecule has 0 spiro atoms. The van der Waals surface area contributed by atoms with Gasteiger partial charge in [0.2, 0.25) is 0 Å². The molecule has 2 aliphatic rings. The minimum absolute atomic E-state index is 0.463. The van der Waals surface area contributed by atoms with Crippen molar-refractivity contribution in [3.63, 3.8) is 0 Å². The normalized spacial score (nSPS) is 21.5. The van der Waals surface area contributed by atoms with Gasteiger partial charge in [0.1, 0.15) is 0 Å². The smallest absolute Gasteiger partial charge is 0.0564 e. The van der Waals surface area contributed by atoms with Crippen LogP contribution in [0.3, 0.4) is 0 Å². The highest BCUT2D eigenvalue weighted by molar-refractivity contribution is 7.12. The Kier molecular flexibility index (Phi) is 3.73. The summed E-state index contributed by atoms with van der Waals surface area (Å²) in [5.74, 6) is 1.91. The van der Waals surface area contributed by atoms with E-state index in [1.165, 1.54) is 48.5 Å². The molecule has 18 heavy (non-hydrogen) atoms. The molecule has 2 nitrogen and oxygen atoms in total. The second-order valence-corrected chi connectivity index (χ2v) is 7.36. The second-order valence-electron chi connectivity index (χ2n) is 6.04. The fourth-order valence-corrected chi connectivity index (χ4v) is 3.70. The van der Waals surface area contributed by atoms with Crippen LogP contribution in [0.2, 0.25) is 0 Å². The predicted molar refractivity (Wildman–Crippen MR) is 77.9 cm³/mol. The molecule has 2 aliphatic carbocycles. The Labute approximate surface area is 114 Å². The molecule has 0 bridgehead atoms. The van der Waals surface area contributed by atoms with Crippen molar-refractivity contribution in [2.45, 2.75) is 38.6 Å². The number of hydrogen-bond acceptors (Lipinski definition) is 3. The summed E-state index contributed by atoms with van der Waals surface area (Å²) in [5, 5.41) is 0. The van der Waals surface area contributed by atoms with Crippen LogP contribution in [0, 0.1) is 18.8 Å². The molecule has 3 rings (SSSR count). The fraction of sp³-hybridized carbons (Fsp3) is 0.733. The van der Waals surface area contributed by atoms with E-state index in [4.69, 9.17) is 5.73 Å². The van der Waals surface area contributed by atoms with Crippen LogP contribution in [0.15, 0.2) is 12.1 Å². The fourth-order valence-electron chi connectivity index (χ4n) is 2.67. The highest BCUT2D eigenvalue weighted by Crippen LogP contribution is 2.38. The average molecular weight is 264 g/mol. The summed E-state index contributed by atoms with van der Waals surface area (Å²) in [6, 6.07) is 4.98. The quantitative estimate of drug-likeness (QED) is 0.819. The van der Waals surface area contributed by atoms with Crippen molar-refractivity contribution in [3.8, 4) is 0 Å². The first kappa shape index (κ1) is 12.6. The van der Waals surface area contributed by atoms with Crippen molar-refractivity contribution >= 4 is 11.3 Å². The maximum absolute atomic E-state index is 6.07. The molecule has 0 aliphatic heterocycles. The summed E-state index contributed by atoms with van der Waals surface area (Å²) < 4.78 is 0. The van der Waals surface area contributed by atoms with Gasteiger partial charge in [0, 0.05) is 29.4 Å². The number of thiophene rings is 1. The number of aryl methyl sites for hydroxylation is 1. The number of hydrogen-bond donors (Lipinski definition) is 1. The van der Waals surface area contributed by atoms with Crippen LogP contribution >= 0.6 is 11.3 Å². The van der Waals surface area contributed by atoms with Gasteiger partial charge in [-0.1, -0.05) is 0 Å². The monoisotopic (exact) mass is 264 g/mol. The third-order valence-corrected chi connectivity index (χ3v) is 5.23. The highest BCUT2D eigenvalue weighted by atomic mass is 32.1. The first-order valence-electron chi connectivity index (χ1n) is 7.26. The summed E-state index contributed by atoms with van der Waals surface area (Å²) in [4.78, 5) is 5.55. The van der Waals surface area contributed by atoms with Crippen molar-refractivity contribution in [3.05, 3.63) is 21.9 Å². The molecule has 2 saturated carbocycles. The average Bonchev–Trinajstić information content (AvgIpc) is 3.25. The molecular formula is C15H24N2S. The van der Waals surface area contributed by atoms with E-state index >= 15 is 0 Å². The Morgan fingerprint density at radius 1 is 1.22 bits per heavy atom. The molecule has 1 aromatic rings. The van der Waals surface area contributed by atoms with Gasteiger partial charge in [0.15, 0.2) is 0 Å². The molecule has 2 N–H and O–H groups in total. The largest absolute Gasteiger partial charge is 0.329 e. The summed E-state index contributed by atoms with van der Waals surface area (Å²) >= 11 is 1.92. The van der Waals surface area contributed by atoms with Crippen LogP contribution in [-0.2, 0) is 0 Å². The molecule has 0 saturated heterocycles. The van der Waals surface area contributed by atoms with Gasteiger partial charge in [-0.15, -0.1) is 11.3 Å². The van der Waals surface area contributed by atoms with Crippen LogP contribution in [0.25, 0.3) is 0 Å². The Morgan fingerprint density at radius 2 is 1.83 bits per heavy atom. The van der Waals surface area contributed by atoms with Crippen LogP contribution in [0.4, 0.5) is 0 Å². The van der Waals surface area contributed by atoms with Gasteiger partial charge < -0.3 is 5.73 Å². The molecule has 100 valence electrons. The Hall–Kier alpha value is -0.380. The van der Waals surface area contributed by atoms with Crippen LogP contribution in [0.1, 0.15) is 41.5 Å². The lowest BCUT2D eigenvalue weighted by Crippen LogP contribution is -2.36. The van der Waals surface area contributed by atoms with Crippen molar-refractivity contribution < 1.29 is 0 Å². The number of rotatable bonds is 7. The third kappa shape index (κ3) is 3.14. The molecule has 1 heterocycles. The minimum Gasteiger partial charge on any atom is -0.329 e. The Balaban J connectivity index is 1.71. The van der Waals surface area contributed by atoms with E-state index in [9.17, 15) is 0 Å². The summed E-state index contributed by atoms with van der Waals surface area (Å²) in [7, 11) is 0. The SMILES string of the molecule is Cc1ccc(C(CN)N(CC2CC2)CC2CC2)s1. The van der Waals surface area contributed by atoms with Gasteiger partial charge in [-0.25, -0.2) is 0 Å². The van der Waals surface area contributed by atoms with Gasteiger partial charge in [0.25, 0.3) is 0 Å². The van der Waals surface area contributed by atoms with E-state index < -0.39 is 0 Å². The van der Waals surface area contributed by atoms with Crippen LogP contribution in [-0.4, -0.2) is 24.5 Å². The topological polar surface area (TPSA) is 29.3 Å². The van der Waals surface area contributed by atoms with Crippen molar-refractivity contribution in [1.29, 1.82) is 0 Å². The third-order valence-electron chi connectivity index (χ3n) is 4.13. The van der Waals surface area contributed by atoms with Crippen molar-refractivity contribution in [2.24, 2.45) is 17.6 Å². The maximum atomic E-state index is 6.07. The summed E-state index contributed by atoms with van der Waals surface area (Å²) in [6.45, 7) is 5.50. The lowest BCUT2D eigenvalue weighted by atomic mass is 10.1. The van der Waals surface area contributed by atoms with E-state index in [0.717, 1.165) is 18.4 Å². The first-order chi connectivity index (χ1) is 8.76. The predicted octanol–water partition coefficient (Wildman–Crippen LogP) is 3.18. The Morgan fingerprint density at radius 3 is 2.22 bits per heavy atom. The maximum Gasteiger partial charge on any atom is 0.0564 e. The van der Waals surface area contributed by atoms with E-state index in [2.05, 4.69) is 24.0 Å². The first-order valence-corrected chi connectivity index (χ1v) is 8.08. The van der Waals surface area contributed by atoms with Crippen LogP contribution in [0.5, 0.6) is 0 Å². The molecule has 1 atom stereocenters. The molecule has 1 unspecified atom stereocenters. The number of nitrogens with zero attached hydrogens (tertiary/aromatic N) is 1. The lowest BCUT2D eigenvalue weighted by molar-refractivity contribution is 0.187. The van der Waals surface area contributed by atoms with Gasteiger partial charge in [0.05, 0.1) is 6.04 Å². The molecule has 0 aromatic carbocycles. The van der Waals surface area contributed by atoms with Gasteiger partial charge in [-0.3, -0.25) is 4.90 Å². The second kappa shape index (κ2) is 5.32. The zero-order valence-electron chi connectivity index (χ0n) is 11.3. The summed E-state index contributed by atoms with van der Waals surface area (Å²) in [6.07, 6.45) is 5.73. The molecule has 0 amide bonds.